The van der Waals surface area contributed by atoms with Gasteiger partial charge >= 0.3 is 0 Å². The Morgan fingerprint density at radius 2 is 2.32 bits per heavy atom. The third kappa shape index (κ3) is 2.96. The minimum absolute atomic E-state index is 0.137. The number of aliphatic hydroxyl groups excluding tert-OH is 1. The van der Waals surface area contributed by atoms with Crippen LogP contribution >= 0.6 is 0 Å². The molecule has 1 N–H and O–H groups in total. The summed E-state index contributed by atoms with van der Waals surface area (Å²) in [7, 11) is 0. The molecule has 2 rings (SSSR count). The molecular weight excluding hydrogens is 240 g/mol. The molecule has 4 heteroatoms. The highest BCUT2D eigenvalue weighted by molar-refractivity contribution is 5.99. The second-order valence-electron chi connectivity index (χ2n) is 5.28. The first kappa shape index (κ1) is 14.0. The van der Waals surface area contributed by atoms with E-state index in [1.807, 2.05) is 30.9 Å². The van der Waals surface area contributed by atoms with Crippen molar-refractivity contribution < 1.29 is 9.90 Å². The average molecular weight is 262 g/mol. The summed E-state index contributed by atoms with van der Waals surface area (Å²) in [5.74, 6) is 0.137. The van der Waals surface area contributed by atoms with Gasteiger partial charge in [0.2, 0.25) is 0 Å². The van der Waals surface area contributed by atoms with Gasteiger partial charge in [0.15, 0.2) is 5.78 Å². The third-order valence-corrected chi connectivity index (χ3v) is 3.80. The first-order chi connectivity index (χ1) is 9.02. The van der Waals surface area contributed by atoms with Crippen LogP contribution in [-0.4, -0.2) is 46.1 Å². The Hall–Kier alpha value is -1.39. The Balaban J connectivity index is 2.11. The quantitative estimate of drug-likeness (QED) is 0.647. The number of carbonyl (C=O) groups excluding carboxylic acids is 1. The molecule has 1 atom stereocenters. The van der Waals surface area contributed by atoms with Gasteiger partial charge < -0.3 is 9.67 Å². The zero-order valence-electron chi connectivity index (χ0n) is 11.7. The predicted octanol–water partition coefficient (Wildman–Crippen LogP) is 1.54. The fraction of sp³-hybridized carbons (Fsp3) is 0.533. The standard InChI is InChI=1S/C15H22N2O2/c1-4-6-17-11(2)8-14(12(17)3)15(19)10-16-7-5-13(18)9-16/h4,8,13,18H,1,5-7,9-10H2,2-3H3/t13-/m0/s1. The molecule has 1 fully saturated rings. The first-order valence-corrected chi connectivity index (χ1v) is 6.74. The van der Waals surface area contributed by atoms with Crippen molar-refractivity contribution in [3.8, 4) is 0 Å². The Morgan fingerprint density at radius 3 is 2.89 bits per heavy atom. The summed E-state index contributed by atoms with van der Waals surface area (Å²) in [4.78, 5) is 14.4. The molecule has 1 saturated heterocycles. The third-order valence-electron chi connectivity index (χ3n) is 3.80. The van der Waals surface area contributed by atoms with Crippen LogP contribution < -0.4 is 0 Å². The Bertz CT molecular complexity index is 491. The van der Waals surface area contributed by atoms with E-state index < -0.39 is 0 Å². The van der Waals surface area contributed by atoms with Crippen LogP contribution in [0.5, 0.6) is 0 Å². The van der Waals surface area contributed by atoms with E-state index in [1.165, 1.54) is 0 Å². The molecule has 2 heterocycles. The molecule has 0 amide bonds. The molecule has 0 spiro atoms. The number of likely N-dealkylation sites (tertiary alicyclic amines) is 1. The second kappa shape index (κ2) is 5.72. The van der Waals surface area contributed by atoms with Crippen molar-refractivity contribution in [2.45, 2.75) is 32.9 Å². The van der Waals surface area contributed by atoms with Crippen molar-refractivity contribution in [3.05, 3.63) is 35.7 Å². The molecule has 0 radical (unpaired) electrons. The molecule has 0 saturated carbocycles. The molecule has 19 heavy (non-hydrogen) atoms. The van der Waals surface area contributed by atoms with Crippen LogP contribution in [-0.2, 0) is 6.54 Å². The van der Waals surface area contributed by atoms with Crippen molar-refractivity contribution in [2.24, 2.45) is 0 Å². The Kier molecular flexibility index (Phi) is 4.22. The molecule has 0 aromatic carbocycles. The highest BCUT2D eigenvalue weighted by atomic mass is 16.3. The van der Waals surface area contributed by atoms with Crippen LogP contribution in [0.3, 0.4) is 0 Å². The van der Waals surface area contributed by atoms with Gasteiger partial charge in [0, 0.05) is 36.6 Å². The second-order valence-corrected chi connectivity index (χ2v) is 5.28. The SMILES string of the molecule is C=CCn1c(C)cc(C(=O)CN2CC[C@H](O)C2)c1C. The zero-order chi connectivity index (χ0) is 14.0. The number of carbonyl (C=O) groups is 1. The normalized spacial score (nSPS) is 19.8. The summed E-state index contributed by atoms with van der Waals surface area (Å²) in [6, 6.07) is 1.95. The molecule has 1 aromatic heterocycles. The van der Waals surface area contributed by atoms with Crippen molar-refractivity contribution in [3.63, 3.8) is 0 Å². The first-order valence-electron chi connectivity index (χ1n) is 6.74. The summed E-state index contributed by atoms with van der Waals surface area (Å²) in [5.41, 5.74) is 2.88. The van der Waals surface area contributed by atoms with E-state index in [9.17, 15) is 9.90 Å². The van der Waals surface area contributed by atoms with Gasteiger partial charge in [0.1, 0.15) is 0 Å². The Morgan fingerprint density at radius 1 is 1.58 bits per heavy atom. The van der Waals surface area contributed by atoms with E-state index in [0.29, 0.717) is 13.1 Å². The van der Waals surface area contributed by atoms with E-state index in [2.05, 4.69) is 11.1 Å². The summed E-state index contributed by atoms with van der Waals surface area (Å²) >= 11 is 0. The average Bonchev–Trinajstić information content (AvgIpc) is 2.87. The fourth-order valence-corrected chi connectivity index (χ4v) is 2.74. The number of hydrogen-bond acceptors (Lipinski definition) is 3. The maximum Gasteiger partial charge on any atom is 0.178 e. The number of hydrogen-bond donors (Lipinski definition) is 1. The fourth-order valence-electron chi connectivity index (χ4n) is 2.74. The van der Waals surface area contributed by atoms with Gasteiger partial charge in [-0.2, -0.15) is 0 Å². The monoisotopic (exact) mass is 262 g/mol. The minimum atomic E-state index is -0.277. The molecule has 1 aliphatic heterocycles. The summed E-state index contributed by atoms with van der Waals surface area (Å²) in [5, 5.41) is 9.49. The van der Waals surface area contributed by atoms with Crippen LogP contribution in [0.2, 0.25) is 0 Å². The molecule has 104 valence electrons. The number of allylic oxidation sites excluding steroid dienone is 1. The number of aromatic nitrogens is 1. The van der Waals surface area contributed by atoms with E-state index in [1.54, 1.807) is 0 Å². The van der Waals surface area contributed by atoms with E-state index in [-0.39, 0.29) is 11.9 Å². The summed E-state index contributed by atoms with van der Waals surface area (Å²) in [6.07, 6.45) is 2.33. The van der Waals surface area contributed by atoms with Gasteiger partial charge in [-0.25, -0.2) is 0 Å². The van der Waals surface area contributed by atoms with Gasteiger partial charge in [0.05, 0.1) is 12.6 Å². The number of ketones is 1. The topological polar surface area (TPSA) is 45.5 Å². The number of nitrogens with zero attached hydrogens (tertiary/aromatic N) is 2. The minimum Gasteiger partial charge on any atom is -0.392 e. The van der Waals surface area contributed by atoms with E-state index in [4.69, 9.17) is 0 Å². The lowest BCUT2D eigenvalue weighted by molar-refractivity contribution is 0.0934. The van der Waals surface area contributed by atoms with Gasteiger partial charge in [-0.15, -0.1) is 6.58 Å². The lowest BCUT2D eigenvalue weighted by Crippen LogP contribution is -2.28. The number of β-amino-alcohol motifs (C(OH)–C–C–N with tert-alkyl or cyclic N) is 1. The lowest BCUT2D eigenvalue weighted by atomic mass is 10.1. The van der Waals surface area contributed by atoms with Crippen LogP contribution in [0.4, 0.5) is 0 Å². The van der Waals surface area contributed by atoms with Crippen molar-refractivity contribution in [2.75, 3.05) is 19.6 Å². The lowest BCUT2D eigenvalue weighted by Gasteiger charge is -2.13. The van der Waals surface area contributed by atoms with Crippen molar-refractivity contribution >= 4 is 5.78 Å². The predicted molar refractivity (Wildman–Crippen MR) is 75.5 cm³/mol. The van der Waals surface area contributed by atoms with Crippen LogP contribution in [0.1, 0.15) is 28.2 Å². The molecule has 4 nitrogen and oxygen atoms in total. The molecular formula is C15H22N2O2. The van der Waals surface area contributed by atoms with Crippen LogP contribution in [0.25, 0.3) is 0 Å². The summed E-state index contributed by atoms with van der Waals surface area (Å²) < 4.78 is 2.10. The highest BCUT2D eigenvalue weighted by Gasteiger charge is 2.24. The smallest absolute Gasteiger partial charge is 0.178 e. The molecule has 0 aliphatic carbocycles. The van der Waals surface area contributed by atoms with E-state index in [0.717, 1.165) is 36.5 Å². The maximum atomic E-state index is 12.3. The molecule has 0 unspecified atom stereocenters. The molecule has 1 aromatic rings. The van der Waals surface area contributed by atoms with Gasteiger partial charge in [-0.05, 0) is 26.3 Å². The maximum absolute atomic E-state index is 12.3. The number of rotatable bonds is 5. The molecule has 1 aliphatic rings. The number of aliphatic hydroxyl groups is 1. The number of aryl methyl sites for hydroxylation is 1. The van der Waals surface area contributed by atoms with Gasteiger partial charge in [-0.3, -0.25) is 9.69 Å². The largest absolute Gasteiger partial charge is 0.392 e. The van der Waals surface area contributed by atoms with Crippen molar-refractivity contribution in [1.82, 2.24) is 9.47 Å². The number of Topliss-reactive ketones (excluding diaryl/α,β-unsaturated/α-hetero) is 1. The highest BCUT2D eigenvalue weighted by Crippen LogP contribution is 2.17. The van der Waals surface area contributed by atoms with Gasteiger partial charge in [-0.1, -0.05) is 6.08 Å². The summed E-state index contributed by atoms with van der Waals surface area (Å²) in [6.45, 7) is 10.3. The van der Waals surface area contributed by atoms with Crippen LogP contribution in [0, 0.1) is 13.8 Å². The Labute approximate surface area is 114 Å². The van der Waals surface area contributed by atoms with E-state index >= 15 is 0 Å². The van der Waals surface area contributed by atoms with Crippen molar-refractivity contribution in [1.29, 1.82) is 0 Å². The molecule has 0 bridgehead atoms. The van der Waals surface area contributed by atoms with Crippen LogP contribution in [0.15, 0.2) is 18.7 Å². The van der Waals surface area contributed by atoms with Gasteiger partial charge in [0.25, 0.3) is 0 Å². The zero-order valence-corrected chi connectivity index (χ0v) is 11.7.